The number of halogens is 2. The van der Waals surface area contributed by atoms with Crippen molar-refractivity contribution in [3.05, 3.63) is 27.7 Å². The van der Waals surface area contributed by atoms with E-state index in [4.69, 9.17) is 22.8 Å². The molecular weight excluding hydrogens is 293 g/mol. The molecule has 0 spiro atoms. The minimum absolute atomic E-state index is 0.108. The fraction of sp³-hybridized carbons (Fsp3) is 0.182. The van der Waals surface area contributed by atoms with Crippen LogP contribution in [-0.4, -0.2) is 19.1 Å². The highest BCUT2D eigenvalue weighted by Gasteiger charge is 2.05. The third-order valence-corrected chi connectivity index (χ3v) is 2.43. The van der Waals surface area contributed by atoms with E-state index in [1.165, 1.54) is 0 Å². The highest BCUT2D eigenvalue weighted by Crippen LogP contribution is 2.27. The molecule has 1 aromatic rings. The molecule has 0 atom stereocenters. The Labute approximate surface area is 107 Å². The zero-order valence-corrected chi connectivity index (χ0v) is 10.6. The summed E-state index contributed by atoms with van der Waals surface area (Å²) < 4.78 is 6.07. The molecule has 3 nitrogen and oxygen atoms in total. The number of ether oxygens (including phenoxy) is 1. The Morgan fingerprint density at radius 1 is 1.62 bits per heavy atom. The Morgan fingerprint density at radius 2 is 2.38 bits per heavy atom. The molecule has 16 heavy (non-hydrogen) atoms. The van der Waals surface area contributed by atoms with Crippen LogP contribution in [0.25, 0.3) is 0 Å². The van der Waals surface area contributed by atoms with Crippen molar-refractivity contribution in [2.24, 2.45) is 0 Å². The average molecular weight is 303 g/mol. The van der Waals surface area contributed by atoms with E-state index in [0.29, 0.717) is 10.8 Å². The molecule has 1 rings (SSSR count). The van der Waals surface area contributed by atoms with Crippen LogP contribution >= 0.6 is 27.5 Å². The first-order valence-corrected chi connectivity index (χ1v) is 5.58. The van der Waals surface area contributed by atoms with Crippen LogP contribution in [0.15, 0.2) is 22.7 Å². The lowest BCUT2D eigenvalue weighted by Crippen LogP contribution is -2.29. The molecule has 1 amide bonds. The van der Waals surface area contributed by atoms with E-state index in [1.54, 1.807) is 18.2 Å². The fourth-order valence-electron chi connectivity index (χ4n) is 0.936. The Kier molecular flexibility index (Phi) is 5.17. The summed E-state index contributed by atoms with van der Waals surface area (Å²) in [6, 6.07) is 5.15. The third-order valence-electron chi connectivity index (χ3n) is 1.64. The van der Waals surface area contributed by atoms with Crippen LogP contribution in [-0.2, 0) is 4.79 Å². The van der Waals surface area contributed by atoms with Crippen molar-refractivity contribution < 1.29 is 9.53 Å². The Bertz CT molecular complexity index is 428. The second-order valence-electron chi connectivity index (χ2n) is 2.84. The molecule has 0 fully saturated rings. The molecule has 0 unspecified atom stereocenters. The predicted octanol–water partition coefficient (Wildman–Crippen LogP) is 2.23. The number of hydrogen-bond acceptors (Lipinski definition) is 2. The quantitative estimate of drug-likeness (QED) is 0.866. The topological polar surface area (TPSA) is 38.3 Å². The number of terminal acetylenes is 1. The minimum Gasteiger partial charge on any atom is -0.482 e. The van der Waals surface area contributed by atoms with Gasteiger partial charge in [-0.25, -0.2) is 0 Å². The summed E-state index contributed by atoms with van der Waals surface area (Å²) in [4.78, 5) is 11.2. The molecule has 0 saturated carbocycles. The van der Waals surface area contributed by atoms with Crippen LogP contribution in [0.2, 0.25) is 5.02 Å². The van der Waals surface area contributed by atoms with E-state index in [-0.39, 0.29) is 19.1 Å². The number of rotatable bonds is 4. The van der Waals surface area contributed by atoms with Gasteiger partial charge >= 0.3 is 0 Å². The standard InChI is InChI=1S/C11H9BrClNO2/c1-2-5-14-11(15)7-16-10-4-3-8(12)6-9(10)13/h1,3-4,6H,5,7H2,(H,14,15). The summed E-state index contributed by atoms with van der Waals surface area (Å²) in [6.45, 7) is 0.0826. The van der Waals surface area contributed by atoms with Gasteiger partial charge in [0.2, 0.25) is 0 Å². The van der Waals surface area contributed by atoms with Crippen molar-refractivity contribution in [1.29, 1.82) is 0 Å². The van der Waals surface area contributed by atoms with Gasteiger partial charge in [0.1, 0.15) is 5.75 Å². The maximum Gasteiger partial charge on any atom is 0.258 e. The molecule has 84 valence electrons. The summed E-state index contributed by atoms with van der Waals surface area (Å²) >= 11 is 9.17. The molecule has 5 heteroatoms. The molecule has 0 aromatic heterocycles. The fourth-order valence-corrected chi connectivity index (χ4v) is 1.66. The van der Waals surface area contributed by atoms with Gasteiger partial charge in [-0.2, -0.15) is 0 Å². The van der Waals surface area contributed by atoms with Crippen molar-refractivity contribution in [3.63, 3.8) is 0 Å². The van der Waals surface area contributed by atoms with Gasteiger partial charge in [-0.3, -0.25) is 4.79 Å². The van der Waals surface area contributed by atoms with Gasteiger partial charge in [-0.15, -0.1) is 6.42 Å². The van der Waals surface area contributed by atoms with E-state index >= 15 is 0 Å². The predicted molar refractivity (Wildman–Crippen MR) is 66.5 cm³/mol. The zero-order chi connectivity index (χ0) is 12.0. The average Bonchev–Trinajstić information content (AvgIpc) is 2.25. The lowest BCUT2D eigenvalue weighted by molar-refractivity contribution is -0.122. The molecule has 0 heterocycles. The first-order valence-electron chi connectivity index (χ1n) is 4.41. The van der Waals surface area contributed by atoms with Crippen LogP contribution in [0, 0.1) is 12.3 Å². The monoisotopic (exact) mass is 301 g/mol. The Hall–Kier alpha value is -1.18. The lowest BCUT2D eigenvalue weighted by Gasteiger charge is -2.07. The van der Waals surface area contributed by atoms with Gasteiger partial charge in [0, 0.05) is 4.47 Å². The van der Waals surface area contributed by atoms with Crippen LogP contribution in [0.3, 0.4) is 0 Å². The SMILES string of the molecule is C#CCNC(=O)COc1ccc(Br)cc1Cl. The second kappa shape index (κ2) is 6.41. The van der Waals surface area contributed by atoms with E-state index in [0.717, 1.165) is 4.47 Å². The Balaban J connectivity index is 2.49. The number of carbonyl (C=O) groups is 1. The van der Waals surface area contributed by atoms with Gasteiger partial charge in [-0.1, -0.05) is 33.5 Å². The van der Waals surface area contributed by atoms with Gasteiger partial charge in [-0.05, 0) is 18.2 Å². The Morgan fingerprint density at radius 3 is 3.00 bits per heavy atom. The van der Waals surface area contributed by atoms with E-state index in [2.05, 4.69) is 27.2 Å². The summed E-state index contributed by atoms with van der Waals surface area (Å²) in [6.07, 6.45) is 4.99. The normalized spacial score (nSPS) is 9.31. The maximum atomic E-state index is 11.2. The van der Waals surface area contributed by atoms with Crippen LogP contribution in [0.1, 0.15) is 0 Å². The van der Waals surface area contributed by atoms with Crippen molar-refractivity contribution in [1.82, 2.24) is 5.32 Å². The van der Waals surface area contributed by atoms with Gasteiger partial charge in [0.25, 0.3) is 5.91 Å². The molecule has 0 saturated heterocycles. The first-order chi connectivity index (χ1) is 7.63. The van der Waals surface area contributed by atoms with Crippen molar-refractivity contribution in [2.45, 2.75) is 0 Å². The maximum absolute atomic E-state index is 11.2. The number of nitrogens with one attached hydrogen (secondary N) is 1. The van der Waals surface area contributed by atoms with Crippen molar-refractivity contribution >= 4 is 33.4 Å². The molecule has 1 aromatic carbocycles. The number of hydrogen-bond donors (Lipinski definition) is 1. The largest absolute Gasteiger partial charge is 0.482 e. The van der Waals surface area contributed by atoms with Crippen LogP contribution in [0.4, 0.5) is 0 Å². The highest BCUT2D eigenvalue weighted by molar-refractivity contribution is 9.10. The number of amides is 1. The van der Waals surface area contributed by atoms with Gasteiger partial charge < -0.3 is 10.1 Å². The summed E-state index contributed by atoms with van der Waals surface area (Å²) in [7, 11) is 0. The smallest absolute Gasteiger partial charge is 0.258 e. The lowest BCUT2D eigenvalue weighted by atomic mass is 10.3. The van der Waals surface area contributed by atoms with Crippen LogP contribution in [0.5, 0.6) is 5.75 Å². The van der Waals surface area contributed by atoms with E-state index in [1.807, 2.05) is 0 Å². The second-order valence-corrected chi connectivity index (χ2v) is 4.17. The summed E-state index contributed by atoms with van der Waals surface area (Å²) in [5.74, 6) is 2.47. The number of benzene rings is 1. The number of carbonyl (C=O) groups excluding carboxylic acids is 1. The van der Waals surface area contributed by atoms with Gasteiger partial charge in [0.05, 0.1) is 11.6 Å². The van der Waals surface area contributed by atoms with Gasteiger partial charge in [0.15, 0.2) is 6.61 Å². The van der Waals surface area contributed by atoms with E-state index < -0.39 is 0 Å². The van der Waals surface area contributed by atoms with Crippen LogP contribution < -0.4 is 10.1 Å². The minimum atomic E-state index is -0.281. The molecule has 0 aliphatic rings. The molecule has 0 aliphatic carbocycles. The third kappa shape index (κ3) is 4.13. The van der Waals surface area contributed by atoms with Crippen molar-refractivity contribution in [2.75, 3.05) is 13.2 Å². The highest BCUT2D eigenvalue weighted by atomic mass is 79.9. The molecule has 0 aliphatic heterocycles. The molecule has 0 bridgehead atoms. The first kappa shape index (κ1) is 12.9. The zero-order valence-electron chi connectivity index (χ0n) is 8.30. The summed E-state index contributed by atoms with van der Waals surface area (Å²) in [5, 5.41) is 2.92. The van der Waals surface area contributed by atoms with Crippen molar-refractivity contribution in [3.8, 4) is 18.1 Å². The molecular formula is C11H9BrClNO2. The van der Waals surface area contributed by atoms with E-state index in [9.17, 15) is 4.79 Å². The molecule has 0 radical (unpaired) electrons. The molecule has 1 N–H and O–H groups in total. The summed E-state index contributed by atoms with van der Waals surface area (Å²) in [5.41, 5.74) is 0.